The van der Waals surface area contributed by atoms with Crippen molar-refractivity contribution in [2.75, 3.05) is 0 Å². The van der Waals surface area contributed by atoms with Crippen LogP contribution in [0.3, 0.4) is 0 Å². The molecule has 7 nitrogen and oxygen atoms in total. The van der Waals surface area contributed by atoms with E-state index in [1.165, 1.54) is 6.34 Å². The molecule has 7 heteroatoms. The first-order valence-corrected chi connectivity index (χ1v) is 7.03. The van der Waals surface area contributed by atoms with E-state index in [4.69, 9.17) is 4.74 Å². The number of carbonyl (C=O) groups is 1. The lowest BCUT2D eigenvalue weighted by Crippen LogP contribution is -2.32. The van der Waals surface area contributed by atoms with E-state index in [0.717, 1.165) is 16.7 Å². The van der Waals surface area contributed by atoms with Crippen LogP contribution in [0.4, 0.5) is 4.79 Å². The Hall–Kier alpha value is -2.57. The van der Waals surface area contributed by atoms with Crippen molar-refractivity contribution in [1.29, 1.82) is 0 Å². The first-order valence-electron chi connectivity index (χ1n) is 7.03. The number of ether oxygens (including phenoxy) is 1. The van der Waals surface area contributed by atoms with Crippen molar-refractivity contribution < 1.29 is 9.53 Å². The number of rotatable bonds is 3. The number of nitrogens with zero attached hydrogens (tertiary/aromatic N) is 2. The highest BCUT2D eigenvalue weighted by atomic mass is 16.6. The highest BCUT2D eigenvalue weighted by molar-refractivity contribution is 6.00. The predicted molar refractivity (Wildman–Crippen MR) is 85.6 cm³/mol. The lowest BCUT2D eigenvalue weighted by atomic mass is 10.0. The standard InChI is InChI=1S/C15H21N5O2/c1-10-7-11(13-19-17-9-18-20-13)5-6-12(10)8-16-14(21)22-15(2,3)4/h5-7,9H,8H2,1-4H3,(H,16,21)(H,17,18)(H,19,20). The lowest BCUT2D eigenvalue weighted by Gasteiger charge is -2.20. The Morgan fingerprint density at radius 3 is 2.73 bits per heavy atom. The fraction of sp³-hybridized carbons (Fsp3) is 0.400. The fourth-order valence-corrected chi connectivity index (χ4v) is 1.89. The van der Waals surface area contributed by atoms with E-state index in [2.05, 4.69) is 26.4 Å². The maximum Gasteiger partial charge on any atom is 0.407 e. The van der Waals surface area contributed by atoms with Gasteiger partial charge in [-0.1, -0.05) is 12.1 Å². The summed E-state index contributed by atoms with van der Waals surface area (Å²) in [5.41, 5.74) is 8.00. The molecule has 0 radical (unpaired) electrons. The van der Waals surface area contributed by atoms with Crippen LogP contribution >= 0.6 is 0 Å². The van der Waals surface area contributed by atoms with E-state index in [0.29, 0.717) is 12.4 Å². The lowest BCUT2D eigenvalue weighted by molar-refractivity contribution is 0.0523. The quantitative estimate of drug-likeness (QED) is 0.795. The molecule has 118 valence electrons. The van der Waals surface area contributed by atoms with Crippen LogP contribution in [0.2, 0.25) is 0 Å². The van der Waals surface area contributed by atoms with Gasteiger partial charge in [0.1, 0.15) is 11.9 Å². The second kappa shape index (κ2) is 6.46. The Balaban J connectivity index is 1.98. The van der Waals surface area contributed by atoms with Gasteiger partial charge in [-0.25, -0.2) is 4.79 Å². The number of nitrogens with one attached hydrogen (secondary N) is 3. The average Bonchev–Trinajstić information content (AvgIpc) is 2.45. The average molecular weight is 303 g/mol. The predicted octanol–water partition coefficient (Wildman–Crippen LogP) is 1.82. The summed E-state index contributed by atoms with van der Waals surface area (Å²) in [7, 11) is 0. The number of amidine groups is 1. The summed E-state index contributed by atoms with van der Waals surface area (Å²) in [6.45, 7) is 7.90. The first kappa shape index (κ1) is 15.8. The highest BCUT2D eigenvalue weighted by Gasteiger charge is 2.16. The monoisotopic (exact) mass is 303 g/mol. The van der Waals surface area contributed by atoms with Crippen LogP contribution in [-0.4, -0.2) is 23.9 Å². The number of hydrogen-bond acceptors (Lipinski definition) is 6. The molecule has 1 heterocycles. The van der Waals surface area contributed by atoms with Crippen molar-refractivity contribution in [1.82, 2.24) is 16.2 Å². The van der Waals surface area contributed by atoms with E-state index in [9.17, 15) is 4.79 Å². The molecule has 22 heavy (non-hydrogen) atoms. The maximum atomic E-state index is 11.7. The summed E-state index contributed by atoms with van der Waals surface area (Å²) in [4.78, 5) is 11.7. The Kier molecular flexibility index (Phi) is 4.65. The summed E-state index contributed by atoms with van der Waals surface area (Å²) < 4.78 is 5.21. The Morgan fingerprint density at radius 2 is 2.14 bits per heavy atom. The van der Waals surface area contributed by atoms with Crippen molar-refractivity contribution >= 4 is 18.3 Å². The minimum atomic E-state index is -0.499. The molecule has 1 aromatic carbocycles. The number of aryl methyl sites for hydroxylation is 1. The highest BCUT2D eigenvalue weighted by Crippen LogP contribution is 2.13. The zero-order chi connectivity index (χ0) is 16.2. The largest absolute Gasteiger partial charge is 0.444 e. The molecule has 1 amide bonds. The molecule has 1 aromatic rings. The number of hydrogen-bond donors (Lipinski definition) is 3. The third-order valence-electron chi connectivity index (χ3n) is 2.91. The third kappa shape index (κ3) is 4.47. The molecule has 0 saturated heterocycles. The van der Waals surface area contributed by atoms with Crippen molar-refractivity contribution in [2.24, 2.45) is 10.2 Å². The van der Waals surface area contributed by atoms with Crippen LogP contribution in [0.25, 0.3) is 0 Å². The molecule has 1 aliphatic rings. The summed E-state index contributed by atoms with van der Waals surface area (Å²) in [6, 6.07) is 5.86. The SMILES string of the molecule is Cc1cc(C2=NNC=NN2)ccc1CNC(=O)OC(C)(C)C. The van der Waals surface area contributed by atoms with Crippen LogP contribution in [0.5, 0.6) is 0 Å². The molecule has 0 saturated carbocycles. The minimum Gasteiger partial charge on any atom is -0.444 e. The molecule has 3 N–H and O–H groups in total. The molecule has 0 spiro atoms. The van der Waals surface area contributed by atoms with Gasteiger partial charge in [-0.05, 0) is 44.9 Å². The summed E-state index contributed by atoms with van der Waals surface area (Å²) >= 11 is 0. The van der Waals surface area contributed by atoms with E-state index in [1.807, 2.05) is 45.9 Å². The Labute approximate surface area is 129 Å². The molecule has 0 unspecified atom stereocenters. The minimum absolute atomic E-state index is 0.414. The number of amides is 1. The summed E-state index contributed by atoms with van der Waals surface area (Å²) in [5, 5.41) is 10.7. The molecule has 2 rings (SSSR count). The Morgan fingerprint density at radius 1 is 1.36 bits per heavy atom. The van der Waals surface area contributed by atoms with Gasteiger partial charge in [0.15, 0.2) is 5.84 Å². The second-order valence-electron chi connectivity index (χ2n) is 5.96. The van der Waals surface area contributed by atoms with Crippen LogP contribution < -0.4 is 16.2 Å². The van der Waals surface area contributed by atoms with E-state index >= 15 is 0 Å². The van der Waals surface area contributed by atoms with Crippen LogP contribution in [0.1, 0.15) is 37.5 Å². The van der Waals surface area contributed by atoms with Gasteiger partial charge in [-0.2, -0.15) is 10.2 Å². The fourth-order valence-electron chi connectivity index (χ4n) is 1.89. The van der Waals surface area contributed by atoms with E-state index < -0.39 is 11.7 Å². The van der Waals surface area contributed by atoms with Crippen molar-refractivity contribution in [3.05, 3.63) is 34.9 Å². The topological polar surface area (TPSA) is 87.1 Å². The zero-order valence-electron chi connectivity index (χ0n) is 13.2. The first-order chi connectivity index (χ1) is 10.3. The maximum absolute atomic E-state index is 11.7. The smallest absolute Gasteiger partial charge is 0.407 e. The van der Waals surface area contributed by atoms with Gasteiger partial charge < -0.3 is 10.1 Å². The molecule has 0 fully saturated rings. The van der Waals surface area contributed by atoms with E-state index in [1.54, 1.807) is 0 Å². The molecule has 1 aliphatic heterocycles. The third-order valence-corrected chi connectivity index (χ3v) is 2.91. The molecular formula is C15H21N5O2. The van der Waals surface area contributed by atoms with Gasteiger partial charge in [0.05, 0.1) is 0 Å². The molecule has 0 atom stereocenters. The van der Waals surface area contributed by atoms with Gasteiger partial charge >= 0.3 is 6.09 Å². The second-order valence-corrected chi connectivity index (χ2v) is 5.96. The van der Waals surface area contributed by atoms with Gasteiger partial charge in [0.25, 0.3) is 0 Å². The van der Waals surface area contributed by atoms with Gasteiger partial charge in [-0.15, -0.1) is 0 Å². The summed E-state index contributed by atoms with van der Waals surface area (Å²) in [5.74, 6) is 0.650. The van der Waals surface area contributed by atoms with Gasteiger partial charge in [-0.3, -0.25) is 10.9 Å². The van der Waals surface area contributed by atoms with Crippen LogP contribution in [0, 0.1) is 6.92 Å². The molecule has 0 aliphatic carbocycles. The molecule has 0 aromatic heterocycles. The molecular weight excluding hydrogens is 282 g/mol. The number of benzene rings is 1. The van der Waals surface area contributed by atoms with Crippen molar-refractivity contribution in [3.63, 3.8) is 0 Å². The van der Waals surface area contributed by atoms with Crippen LogP contribution in [0.15, 0.2) is 28.4 Å². The van der Waals surface area contributed by atoms with Crippen molar-refractivity contribution in [2.45, 2.75) is 39.8 Å². The van der Waals surface area contributed by atoms with Crippen molar-refractivity contribution in [3.8, 4) is 0 Å². The summed E-state index contributed by atoms with van der Waals surface area (Å²) in [6.07, 6.45) is 1.04. The normalized spacial score (nSPS) is 13.7. The van der Waals surface area contributed by atoms with Crippen LogP contribution in [-0.2, 0) is 11.3 Å². The van der Waals surface area contributed by atoms with Gasteiger partial charge in [0.2, 0.25) is 0 Å². The number of alkyl carbamates (subject to hydrolysis) is 1. The Bertz CT molecular complexity index is 617. The molecule has 0 bridgehead atoms. The zero-order valence-corrected chi connectivity index (χ0v) is 13.2. The number of carbonyl (C=O) groups excluding carboxylic acids is 1. The number of hydrazone groups is 2. The van der Waals surface area contributed by atoms with E-state index in [-0.39, 0.29) is 0 Å². The van der Waals surface area contributed by atoms with Gasteiger partial charge in [0, 0.05) is 12.1 Å².